The molecular weight excluding hydrogens is 119 g/mol. The Morgan fingerprint density at radius 3 is 2.62 bits per heavy atom. The molecule has 0 aromatic rings. The minimum Gasteiger partial charge on any atom is -0.442 e. The molecule has 3 heteroatoms. The van der Waals surface area contributed by atoms with Crippen molar-refractivity contribution in [1.82, 2.24) is 0 Å². The summed E-state index contributed by atoms with van der Waals surface area (Å²) < 4.78 is 0. The van der Waals surface area contributed by atoms with Gasteiger partial charge in [0.25, 0.3) is 0 Å². The quantitative estimate of drug-likeness (QED) is 0.463. The average molecular weight is 132 g/mol. The van der Waals surface area contributed by atoms with E-state index in [2.05, 4.69) is 6.92 Å². The van der Waals surface area contributed by atoms with Gasteiger partial charge in [0.15, 0.2) is 0 Å². The van der Waals surface area contributed by atoms with Crippen LogP contribution < -0.4 is 0 Å². The molecule has 0 aromatic heterocycles. The average Bonchev–Trinajstić information content (AvgIpc) is 1.66. The molecule has 1 N–H and O–H groups in total. The van der Waals surface area contributed by atoms with E-state index in [9.17, 15) is 0 Å². The smallest absolute Gasteiger partial charge is 0.355 e. The molecule has 0 saturated carbocycles. The van der Waals surface area contributed by atoms with Crippen molar-refractivity contribution in [1.29, 1.82) is 0 Å². The summed E-state index contributed by atoms with van der Waals surface area (Å²) >= 11 is 1.61. The summed E-state index contributed by atoms with van der Waals surface area (Å²) in [5.74, 6) is 1.09. The maximum atomic E-state index is 8.74. The summed E-state index contributed by atoms with van der Waals surface area (Å²) in [6.07, 6.45) is 2.26. The minimum atomic E-state index is -0.179. The monoisotopic (exact) mass is 132 g/mol. The zero-order valence-electron chi connectivity index (χ0n) is 5.55. The Balaban J connectivity index is 2.72. The first kappa shape index (κ1) is 8.37. The third-order valence-electron chi connectivity index (χ3n) is 0.857. The fourth-order valence-corrected chi connectivity index (χ4v) is 1.19. The summed E-state index contributed by atoms with van der Waals surface area (Å²) in [4.78, 5) is 0. The molecule has 0 bridgehead atoms. The maximum Gasteiger partial charge on any atom is 0.355 e. The van der Waals surface area contributed by atoms with E-state index in [4.69, 9.17) is 5.02 Å². The molecule has 0 aliphatic rings. The first-order valence-corrected chi connectivity index (χ1v) is 4.12. The van der Waals surface area contributed by atoms with E-state index >= 15 is 0 Å². The van der Waals surface area contributed by atoms with Crippen molar-refractivity contribution in [3.05, 3.63) is 0 Å². The van der Waals surface area contributed by atoms with Crippen LogP contribution in [-0.4, -0.2) is 17.0 Å². The number of rotatable bonds is 4. The standard InChI is InChI=1S/C5H13BOS/c1-3-4-5-8-6(2)7/h7H,3-5H2,1-2H3. The molecule has 0 saturated heterocycles. The van der Waals surface area contributed by atoms with Crippen molar-refractivity contribution in [3.8, 4) is 0 Å². The number of hydrogen-bond acceptors (Lipinski definition) is 2. The van der Waals surface area contributed by atoms with Crippen molar-refractivity contribution in [2.45, 2.75) is 26.6 Å². The molecule has 0 aliphatic carbocycles. The van der Waals surface area contributed by atoms with Gasteiger partial charge in [0.1, 0.15) is 0 Å². The van der Waals surface area contributed by atoms with Crippen molar-refractivity contribution in [3.63, 3.8) is 0 Å². The summed E-state index contributed by atoms with van der Waals surface area (Å²) in [5, 5.41) is 8.74. The van der Waals surface area contributed by atoms with Crippen LogP contribution in [0.2, 0.25) is 6.82 Å². The van der Waals surface area contributed by atoms with Crippen molar-refractivity contribution >= 4 is 17.8 Å². The molecule has 0 fully saturated rings. The van der Waals surface area contributed by atoms with Gasteiger partial charge in [0.05, 0.1) is 0 Å². The summed E-state index contributed by atoms with van der Waals surface area (Å²) in [5.41, 5.74) is 0. The van der Waals surface area contributed by atoms with Crippen LogP contribution in [0.25, 0.3) is 0 Å². The highest BCUT2D eigenvalue weighted by Crippen LogP contribution is 2.05. The highest BCUT2D eigenvalue weighted by molar-refractivity contribution is 8.24. The van der Waals surface area contributed by atoms with Crippen molar-refractivity contribution < 1.29 is 5.02 Å². The van der Waals surface area contributed by atoms with Crippen LogP contribution in [0.1, 0.15) is 19.8 Å². The summed E-state index contributed by atoms with van der Waals surface area (Å²) in [7, 11) is 0. The van der Waals surface area contributed by atoms with Crippen LogP contribution in [-0.2, 0) is 0 Å². The molecule has 0 rings (SSSR count). The highest BCUT2D eigenvalue weighted by atomic mass is 32.2. The van der Waals surface area contributed by atoms with Gasteiger partial charge >= 0.3 is 6.19 Å². The van der Waals surface area contributed by atoms with Crippen molar-refractivity contribution in [2.24, 2.45) is 0 Å². The van der Waals surface area contributed by atoms with Gasteiger partial charge < -0.3 is 5.02 Å². The van der Waals surface area contributed by atoms with E-state index in [0.29, 0.717) is 0 Å². The fourth-order valence-electron chi connectivity index (χ4n) is 0.398. The molecule has 0 aliphatic heterocycles. The molecule has 0 radical (unpaired) electrons. The fraction of sp³-hybridized carbons (Fsp3) is 1.00. The van der Waals surface area contributed by atoms with Gasteiger partial charge in [-0.15, -0.1) is 0 Å². The van der Waals surface area contributed by atoms with Crippen LogP contribution >= 0.6 is 11.6 Å². The third-order valence-corrected chi connectivity index (χ3v) is 1.86. The molecule has 8 heavy (non-hydrogen) atoms. The predicted octanol–water partition coefficient (Wildman–Crippen LogP) is 1.63. The Morgan fingerprint density at radius 1 is 1.62 bits per heavy atom. The summed E-state index contributed by atoms with van der Waals surface area (Å²) in [6, 6.07) is 0. The van der Waals surface area contributed by atoms with Crippen molar-refractivity contribution in [2.75, 3.05) is 5.75 Å². The Labute approximate surface area is 55.9 Å². The zero-order valence-corrected chi connectivity index (χ0v) is 6.37. The molecule has 0 heterocycles. The van der Waals surface area contributed by atoms with E-state index in [1.54, 1.807) is 18.4 Å². The van der Waals surface area contributed by atoms with Gasteiger partial charge in [-0.2, -0.15) is 11.6 Å². The molecule has 1 nitrogen and oxygen atoms in total. The van der Waals surface area contributed by atoms with E-state index in [1.807, 2.05) is 0 Å². The second-order valence-electron chi connectivity index (χ2n) is 1.82. The Kier molecular flexibility index (Phi) is 5.77. The number of hydrogen-bond donors (Lipinski definition) is 1. The highest BCUT2D eigenvalue weighted by Gasteiger charge is 1.99. The molecule has 0 amide bonds. The minimum absolute atomic E-state index is 0.179. The van der Waals surface area contributed by atoms with Crippen LogP contribution in [0.3, 0.4) is 0 Å². The second-order valence-corrected chi connectivity index (χ2v) is 3.25. The van der Waals surface area contributed by atoms with E-state index in [1.165, 1.54) is 12.8 Å². The van der Waals surface area contributed by atoms with Gasteiger partial charge in [-0.3, -0.25) is 0 Å². The maximum absolute atomic E-state index is 8.74. The normalized spacial score (nSPS) is 9.38. The zero-order chi connectivity index (χ0) is 6.41. The predicted molar refractivity (Wildman–Crippen MR) is 41.2 cm³/mol. The van der Waals surface area contributed by atoms with Gasteiger partial charge in [0.2, 0.25) is 0 Å². The molecule has 0 unspecified atom stereocenters. The molecule has 48 valence electrons. The van der Waals surface area contributed by atoms with Crippen LogP contribution in [0, 0.1) is 0 Å². The van der Waals surface area contributed by atoms with E-state index in [0.717, 1.165) is 5.75 Å². The lowest BCUT2D eigenvalue weighted by Crippen LogP contribution is -1.99. The first-order chi connectivity index (χ1) is 3.77. The van der Waals surface area contributed by atoms with Gasteiger partial charge in [-0.05, 0) is 19.0 Å². The first-order valence-electron chi connectivity index (χ1n) is 3.07. The lowest BCUT2D eigenvalue weighted by atomic mass is 10.1. The molecule has 0 aromatic carbocycles. The lowest BCUT2D eigenvalue weighted by molar-refractivity contribution is 0.602. The van der Waals surface area contributed by atoms with Gasteiger partial charge in [-0.1, -0.05) is 13.3 Å². The topological polar surface area (TPSA) is 20.2 Å². The Bertz CT molecular complexity index is 49.7. The van der Waals surface area contributed by atoms with E-state index in [-0.39, 0.29) is 6.19 Å². The SMILES string of the molecule is CCCCSB(C)O. The lowest BCUT2D eigenvalue weighted by Gasteiger charge is -1.96. The van der Waals surface area contributed by atoms with Crippen LogP contribution in [0.5, 0.6) is 0 Å². The molecular formula is C5H13BOS. The summed E-state index contributed by atoms with van der Waals surface area (Å²) in [6.45, 7) is 3.96. The Morgan fingerprint density at radius 2 is 2.25 bits per heavy atom. The van der Waals surface area contributed by atoms with Gasteiger partial charge in [0, 0.05) is 0 Å². The van der Waals surface area contributed by atoms with E-state index < -0.39 is 0 Å². The number of unbranched alkanes of at least 4 members (excludes halogenated alkanes) is 1. The largest absolute Gasteiger partial charge is 0.442 e. The second kappa shape index (κ2) is 5.51. The molecule has 0 spiro atoms. The van der Waals surface area contributed by atoms with Crippen LogP contribution in [0.15, 0.2) is 0 Å². The molecule has 0 atom stereocenters. The van der Waals surface area contributed by atoms with Crippen LogP contribution in [0.4, 0.5) is 0 Å². The third kappa shape index (κ3) is 6.37. The Hall–Kier alpha value is 0.375. The van der Waals surface area contributed by atoms with Gasteiger partial charge in [-0.25, -0.2) is 0 Å².